The van der Waals surface area contributed by atoms with E-state index in [1.807, 2.05) is 37.3 Å². The Hall–Kier alpha value is -2.86. The molecule has 0 fully saturated rings. The number of fused-ring (bicyclic) bond motifs is 1. The molecular formula is C21H22N2O3S. The van der Waals surface area contributed by atoms with Crippen LogP contribution >= 0.6 is 0 Å². The Morgan fingerprint density at radius 3 is 2.52 bits per heavy atom. The van der Waals surface area contributed by atoms with Gasteiger partial charge in [-0.1, -0.05) is 49.4 Å². The fourth-order valence-electron chi connectivity index (χ4n) is 2.86. The first-order chi connectivity index (χ1) is 12.9. The molecule has 0 aliphatic carbocycles. The third-order valence-corrected chi connectivity index (χ3v) is 5.70. The molecule has 0 aromatic heterocycles. The average molecular weight is 382 g/mol. The first-order valence-corrected chi connectivity index (χ1v) is 10.3. The minimum absolute atomic E-state index is 0.0580. The van der Waals surface area contributed by atoms with E-state index in [4.69, 9.17) is 0 Å². The molecule has 140 valence electrons. The van der Waals surface area contributed by atoms with Gasteiger partial charge in [0.05, 0.1) is 10.6 Å². The highest BCUT2D eigenvalue weighted by atomic mass is 32.2. The largest absolute Gasteiger partial charge is 0.352 e. The van der Waals surface area contributed by atoms with Gasteiger partial charge in [0.1, 0.15) is 0 Å². The lowest BCUT2D eigenvalue weighted by Crippen LogP contribution is -2.25. The molecule has 0 saturated carbocycles. The molecule has 0 saturated heterocycles. The molecule has 0 aliphatic rings. The minimum Gasteiger partial charge on any atom is -0.352 e. The van der Waals surface area contributed by atoms with Gasteiger partial charge in [-0.2, -0.15) is 0 Å². The monoisotopic (exact) mass is 382 g/mol. The molecule has 27 heavy (non-hydrogen) atoms. The summed E-state index contributed by atoms with van der Waals surface area (Å²) >= 11 is 0. The van der Waals surface area contributed by atoms with Crippen molar-refractivity contribution < 1.29 is 13.2 Å². The molecule has 0 atom stereocenters. The Morgan fingerprint density at radius 2 is 1.74 bits per heavy atom. The summed E-state index contributed by atoms with van der Waals surface area (Å²) in [4.78, 5) is 12.4. The first-order valence-electron chi connectivity index (χ1n) is 8.82. The van der Waals surface area contributed by atoms with Crippen molar-refractivity contribution in [3.63, 3.8) is 0 Å². The summed E-state index contributed by atoms with van der Waals surface area (Å²) in [5.74, 6) is -0.267. The second kappa shape index (κ2) is 7.80. The molecule has 3 aromatic rings. The van der Waals surface area contributed by atoms with Crippen LogP contribution < -0.4 is 10.0 Å². The molecular weight excluding hydrogens is 360 g/mol. The lowest BCUT2D eigenvalue weighted by atomic mass is 10.1. The van der Waals surface area contributed by atoms with E-state index >= 15 is 0 Å². The molecule has 5 nitrogen and oxygen atoms in total. The van der Waals surface area contributed by atoms with Gasteiger partial charge in [0.2, 0.25) is 0 Å². The molecule has 6 heteroatoms. The van der Waals surface area contributed by atoms with E-state index in [1.165, 1.54) is 12.1 Å². The molecule has 0 unspecified atom stereocenters. The lowest BCUT2D eigenvalue weighted by molar-refractivity contribution is 0.0953. The van der Waals surface area contributed by atoms with E-state index in [0.717, 1.165) is 22.8 Å². The molecule has 3 aromatic carbocycles. The predicted octanol–water partition coefficient (Wildman–Crippen LogP) is 4.09. The van der Waals surface area contributed by atoms with E-state index in [2.05, 4.69) is 10.0 Å². The van der Waals surface area contributed by atoms with Crippen molar-refractivity contribution in [1.29, 1.82) is 0 Å². The lowest BCUT2D eigenvalue weighted by Gasteiger charge is -2.13. The van der Waals surface area contributed by atoms with Crippen LogP contribution in [0.3, 0.4) is 0 Å². The normalized spacial score (nSPS) is 11.3. The minimum atomic E-state index is -3.83. The van der Waals surface area contributed by atoms with E-state index in [9.17, 15) is 13.2 Å². The van der Waals surface area contributed by atoms with Crippen LogP contribution in [-0.2, 0) is 10.0 Å². The van der Waals surface area contributed by atoms with Gasteiger partial charge in [0, 0.05) is 17.5 Å². The zero-order valence-electron chi connectivity index (χ0n) is 15.3. The van der Waals surface area contributed by atoms with Crippen LogP contribution in [0.25, 0.3) is 10.8 Å². The number of aryl methyl sites for hydroxylation is 1. The quantitative estimate of drug-likeness (QED) is 0.674. The zero-order valence-corrected chi connectivity index (χ0v) is 16.1. The molecule has 1 amide bonds. The number of nitrogens with one attached hydrogen (secondary N) is 2. The van der Waals surface area contributed by atoms with Crippen LogP contribution in [0.2, 0.25) is 0 Å². The summed E-state index contributed by atoms with van der Waals surface area (Å²) in [5.41, 5.74) is 1.60. The fourth-order valence-corrected chi connectivity index (χ4v) is 3.97. The number of hydrogen-bond acceptors (Lipinski definition) is 3. The van der Waals surface area contributed by atoms with Crippen LogP contribution in [0.4, 0.5) is 5.69 Å². The molecule has 0 radical (unpaired) electrons. The van der Waals surface area contributed by atoms with Gasteiger partial charge in [-0.15, -0.1) is 0 Å². The number of carbonyl (C=O) groups excluding carboxylic acids is 1. The van der Waals surface area contributed by atoms with E-state index in [-0.39, 0.29) is 10.8 Å². The highest BCUT2D eigenvalue weighted by Crippen LogP contribution is 2.26. The Kier molecular flexibility index (Phi) is 5.46. The Morgan fingerprint density at radius 1 is 1.00 bits per heavy atom. The smallest absolute Gasteiger partial charge is 0.261 e. The maximum Gasteiger partial charge on any atom is 0.261 e. The number of carbonyl (C=O) groups is 1. The van der Waals surface area contributed by atoms with Crippen molar-refractivity contribution in [1.82, 2.24) is 5.32 Å². The predicted molar refractivity (Wildman–Crippen MR) is 109 cm³/mol. The van der Waals surface area contributed by atoms with Gasteiger partial charge in [-0.05, 0) is 42.5 Å². The molecule has 0 aliphatic heterocycles. The summed E-state index contributed by atoms with van der Waals surface area (Å²) < 4.78 is 28.5. The maximum atomic E-state index is 12.9. The van der Waals surface area contributed by atoms with Gasteiger partial charge in [-0.3, -0.25) is 9.52 Å². The van der Waals surface area contributed by atoms with Crippen molar-refractivity contribution in [2.75, 3.05) is 11.3 Å². The van der Waals surface area contributed by atoms with E-state index in [1.54, 1.807) is 25.1 Å². The van der Waals surface area contributed by atoms with Crippen molar-refractivity contribution in [3.05, 3.63) is 71.8 Å². The number of rotatable bonds is 6. The second-order valence-corrected chi connectivity index (χ2v) is 8.05. The van der Waals surface area contributed by atoms with Crippen molar-refractivity contribution in [2.45, 2.75) is 25.2 Å². The van der Waals surface area contributed by atoms with E-state index < -0.39 is 10.0 Å². The standard InChI is InChI=1S/C21H22N2O3S/c1-3-13-22-21(24)19-14-17(12-11-15(19)2)27(25,26)23-20-10-6-8-16-7-4-5-9-18(16)20/h4-12,14,23H,3,13H2,1-2H3,(H,22,24). The molecule has 0 heterocycles. The molecule has 0 spiro atoms. The van der Waals surface area contributed by atoms with Crippen molar-refractivity contribution in [2.24, 2.45) is 0 Å². The summed E-state index contributed by atoms with van der Waals surface area (Å²) in [7, 11) is -3.83. The summed E-state index contributed by atoms with van der Waals surface area (Å²) in [6.45, 7) is 4.29. The number of anilines is 1. The molecule has 0 bridgehead atoms. The highest BCUT2D eigenvalue weighted by molar-refractivity contribution is 7.92. The SMILES string of the molecule is CCCNC(=O)c1cc(S(=O)(=O)Nc2cccc3ccccc23)ccc1C. The Bertz CT molecular complexity index is 1090. The zero-order chi connectivity index (χ0) is 19.4. The van der Waals surface area contributed by atoms with Crippen LogP contribution in [0.1, 0.15) is 29.3 Å². The van der Waals surface area contributed by atoms with Crippen LogP contribution in [0.5, 0.6) is 0 Å². The third kappa shape index (κ3) is 4.11. The van der Waals surface area contributed by atoms with Gasteiger partial charge >= 0.3 is 0 Å². The number of benzene rings is 3. The molecule has 2 N–H and O–H groups in total. The van der Waals surface area contributed by atoms with Gasteiger partial charge in [0.15, 0.2) is 0 Å². The van der Waals surface area contributed by atoms with Crippen LogP contribution in [0.15, 0.2) is 65.6 Å². The third-order valence-electron chi connectivity index (χ3n) is 4.33. The van der Waals surface area contributed by atoms with Crippen molar-refractivity contribution >= 4 is 32.4 Å². The van der Waals surface area contributed by atoms with Gasteiger partial charge < -0.3 is 5.32 Å². The highest BCUT2D eigenvalue weighted by Gasteiger charge is 2.19. The van der Waals surface area contributed by atoms with E-state index in [0.29, 0.717) is 17.8 Å². The molecule has 3 rings (SSSR count). The van der Waals surface area contributed by atoms with Crippen LogP contribution in [0, 0.1) is 6.92 Å². The number of hydrogen-bond donors (Lipinski definition) is 2. The summed E-state index contributed by atoms with van der Waals surface area (Å²) in [6, 6.07) is 17.6. The Labute approximate surface area is 159 Å². The average Bonchev–Trinajstić information content (AvgIpc) is 2.66. The van der Waals surface area contributed by atoms with Crippen molar-refractivity contribution in [3.8, 4) is 0 Å². The van der Waals surface area contributed by atoms with Crippen LogP contribution in [-0.4, -0.2) is 20.9 Å². The maximum absolute atomic E-state index is 12.9. The summed E-state index contributed by atoms with van der Waals surface area (Å²) in [5, 5.41) is 4.55. The number of sulfonamides is 1. The van der Waals surface area contributed by atoms with Gasteiger partial charge in [0.25, 0.3) is 15.9 Å². The first kappa shape index (κ1) is 18.9. The number of amides is 1. The second-order valence-electron chi connectivity index (χ2n) is 6.36. The topological polar surface area (TPSA) is 75.3 Å². The fraction of sp³-hybridized carbons (Fsp3) is 0.190. The summed E-state index contributed by atoms with van der Waals surface area (Å²) in [6.07, 6.45) is 0.811. The Balaban J connectivity index is 1.96. The van der Waals surface area contributed by atoms with Gasteiger partial charge in [-0.25, -0.2) is 8.42 Å².